The summed E-state index contributed by atoms with van der Waals surface area (Å²) in [5.74, 6) is -0.959. The molecule has 2 aromatic carbocycles. The second-order valence-corrected chi connectivity index (χ2v) is 6.03. The van der Waals surface area contributed by atoms with Crippen molar-refractivity contribution in [2.24, 2.45) is 5.10 Å². The average molecular weight is 381 g/mol. The highest BCUT2D eigenvalue weighted by atomic mass is 16.5. The quantitative estimate of drug-likeness (QED) is 0.491. The maximum absolute atomic E-state index is 12.7. The van der Waals surface area contributed by atoms with Crippen LogP contribution in [0.3, 0.4) is 0 Å². The van der Waals surface area contributed by atoms with Gasteiger partial charge in [-0.05, 0) is 35.9 Å². The lowest BCUT2D eigenvalue weighted by Gasteiger charge is -2.08. The Labute approximate surface area is 161 Å². The topological polar surface area (TPSA) is 125 Å². The molecule has 1 heterocycles. The van der Waals surface area contributed by atoms with Gasteiger partial charge in [-0.15, -0.1) is 0 Å². The number of ether oxygens (including phenoxy) is 1. The number of nitrogens with two attached hydrogens (primary N) is 1. The Balaban J connectivity index is 1.90. The van der Waals surface area contributed by atoms with Gasteiger partial charge in [0.25, 0.3) is 5.91 Å². The van der Waals surface area contributed by atoms with Crippen LogP contribution in [0.2, 0.25) is 0 Å². The fourth-order valence-electron chi connectivity index (χ4n) is 2.66. The highest BCUT2D eigenvalue weighted by molar-refractivity contribution is 6.33. The molecule has 1 amide bonds. The summed E-state index contributed by atoms with van der Waals surface area (Å²) in [5, 5.41) is 23.4. The lowest BCUT2D eigenvalue weighted by Crippen LogP contribution is -2.25. The minimum absolute atomic E-state index is 0.0939. The van der Waals surface area contributed by atoms with E-state index in [0.717, 1.165) is 11.1 Å². The zero-order chi connectivity index (χ0) is 20.1. The third-order valence-corrected chi connectivity index (χ3v) is 3.99. The molecule has 0 fully saturated rings. The molecule has 0 spiro atoms. The Morgan fingerprint density at radius 1 is 1.14 bits per heavy atom. The lowest BCUT2D eigenvalue weighted by atomic mass is 10.00. The molecule has 3 rings (SSSR count). The van der Waals surface area contributed by atoms with Gasteiger partial charge in [-0.3, -0.25) is 4.79 Å². The predicted octanol–water partition coefficient (Wildman–Crippen LogP) is 1.35. The molecule has 0 saturated carbocycles. The van der Waals surface area contributed by atoms with Gasteiger partial charge in [0.05, 0.1) is 18.7 Å². The Morgan fingerprint density at radius 3 is 2.43 bits per heavy atom. The second-order valence-electron chi connectivity index (χ2n) is 6.03. The van der Waals surface area contributed by atoms with Crippen molar-refractivity contribution in [1.82, 2.24) is 5.01 Å². The SMILES string of the molecule is Nc1ccc(C2=NN(CCO)C(=O)/C2=C/c2ccc(OCC(=O)O)cc2)cc1. The summed E-state index contributed by atoms with van der Waals surface area (Å²) in [5.41, 5.74) is 8.66. The van der Waals surface area contributed by atoms with Crippen molar-refractivity contribution < 1.29 is 24.5 Å². The second kappa shape index (κ2) is 8.36. The number of carboxylic acids is 1. The van der Waals surface area contributed by atoms with Crippen molar-refractivity contribution in [3.8, 4) is 5.75 Å². The number of hydrogen-bond donors (Lipinski definition) is 3. The molecule has 0 radical (unpaired) electrons. The standard InChI is InChI=1S/C20H19N3O5/c21-15-5-3-14(4-6-15)19-17(20(27)23(22-19)9-10-24)11-13-1-7-16(8-2-13)28-12-18(25)26/h1-8,11,24H,9-10,12,21H2,(H,25,26)/b17-11+. The fourth-order valence-corrected chi connectivity index (χ4v) is 2.66. The van der Waals surface area contributed by atoms with E-state index < -0.39 is 12.6 Å². The van der Waals surface area contributed by atoms with Crippen LogP contribution in [0, 0.1) is 0 Å². The minimum Gasteiger partial charge on any atom is -0.482 e. The molecule has 8 nitrogen and oxygen atoms in total. The number of carbonyl (C=O) groups is 2. The van der Waals surface area contributed by atoms with Gasteiger partial charge in [0.15, 0.2) is 6.61 Å². The summed E-state index contributed by atoms with van der Waals surface area (Å²) < 4.78 is 5.11. The van der Waals surface area contributed by atoms with Gasteiger partial charge < -0.3 is 20.7 Å². The maximum Gasteiger partial charge on any atom is 0.341 e. The van der Waals surface area contributed by atoms with Gasteiger partial charge in [-0.2, -0.15) is 5.10 Å². The summed E-state index contributed by atoms with van der Waals surface area (Å²) in [4.78, 5) is 23.3. The molecular weight excluding hydrogens is 362 g/mol. The molecule has 0 bridgehead atoms. The Kier molecular flexibility index (Phi) is 5.71. The normalized spacial score (nSPS) is 15.0. The number of benzene rings is 2. The van der Waals surface area contributed by atoms with Crippen LogP contribution >= 0.6 is 0 Å². The fraction of sp³-hybridized carbons (Fsp3) is 0.150. The van der Waals surface area contributed by atoms with Crippen LogP contribution in [-0.4, -0.2) is 52.6 Å². The van der Waals surface area contributed by atoms with Gasteiger partial charge in [0.2, 0.25) is 0 Å². The number of β-amino-alcohol motifs (C(OH)–C–C–N with tert-alkyl or cyclic N) is 1. The molecule has 8 heteroatoms. The van der Waals surface area contributed by atoms with Gasteiger partial charge in [-0.1, -0.05) is 24.3 Å². The molecule has 28 heavy (non-hydrogen) atoms. The summed E-state index contributed by atoms with van der Waals surface area (Å²) in [6.07, 6.45) is 1.69. The Bertz CT molecular complexity index is 933. The number of hydrogen-bond acceptors (Lipinski definition) is 6. The minimum atomic E-state index is -1.06. The lowest BCUT2D eigenvalue weighted by molar-refractivity contribution is -0.139. The van der Waals surface area contributed by atoms with E-state index in [2.05, 4.69) is 5.10 Å². The van der Waals surface area contributed by atoms with Crippen LogP contribution in [0.25, 0.3) is 6.08 Å². The smallest absolute Gasteiger partial charge is 0.341 e. The summed E-state index contributed by atoms with van der Waals surface area (Å²) in [7, 11) is 0. The van der Waals surface area contributed by atoms with Crippen LogP contribution in [0.15, 0.2) is 59.2 Å². The predicted molar refractivity (Wildman–Crippen MR) is 104 cm³/mol. The molecule has 144 valence electrons. The highest BCUT2D eigenvalue weighted by Gasteiger charge is 2.30. The molecule has 1 aliphatic rings. The number of amides is 1. The van der Waals surface area contributed by atoms with Crippen molar-refractivity contribution in [2.45, 2.75) is 0 Å². The average Bonchev–Trinajstić information content (AvgIpc) is 2.98. The van der Waals surface area contributed by atoms with Gasteiger partial charge in [-0.25, -0.2) is 9.80 Å². The number of rotatable bonds is 7. The highest BCUT2D eigenvalue weighted by Crippen LogP contribution is 2.24. The summed E-state index contributed by atoms with van der Waals surface area (Å²) in [6.45, 7) is -0.535. The van der Waals surface area contributed by atoms with E-state index in [-0.39, 0.29) is 19.1 Å². The van der Waals surface area contributed by atoms with Crippen LogP contribution in [0.1, 0.15) is 11.1 Å². The van der Waals surface area contributed by atoms with Crippen molar-refractivity contribution in [2.75, 3.05) is 25.5 Å². The molecule has 4 N–H and O–H groups in total. The zero-order valence-electron chi connectivity index (χ0n) is 14.9. The number of nitrogen functional groups attached to an aromatic ring is 1. The van der Waals surface area contributed by atoms with E-state index in [1.165, 1.54) is 5.01 Å². The number of carbonyl (C=O) groups excluding carboxylic acids is 1. The van der Waals surface area contributed by atoms with E-state index in [4.69, 9.17) is 15.6 Å². The molecule has 0 atom stereocenters. The number of hydrazone groups is 1. The van der Waals surface area contributed by atoms with E-state index in [0.29, 0.717) is 22.7 Å². The molecule has 1 aliphatic heterocycles. The number of aliphatic hydroxyl groups is 1. The Hall–Kier alpha value is -3.65. The number of aliphatic hydroxyl groups excluding tert-OH is 1. The first kappa shape index (κ1) is 19.1. The van der Waals surface area contributed by atoms with Crippen molar-refractivity contribution in [3.05, 3.63) is 65.2 Å². The summed E-state index contributed by atoms with van der Waals surface area (Å²) in [6, 6.07) is 13.7. The van der Waals surface area contributed by atoms with Crippen LogP contribution in [-0.2, 0) is 9.59 Å². The van der Waals surface area contributed by atoms with Crippen molar-refractivity contribution in [1.29, 1.82) is 0 Å². The number of anilines is 1. The summed E-state index contributed by atoms with van der Waals surface area (Å²) >= 11 is 0. The zero-order valence-corrected chi connectivity index (χ0v) is 14.9. The first-order chi connectivity index (χ1) is 13.5. The number of nitrogens with zero attached hydrogens (tertiary/aromatic N) is 2. The van der Waals surface area contributed by atoms with Gasteiger partial charge in [0, 0.05) is 11.3 Å². The van der Waals surface area contributed by atoms with Gasteiger partial charge >= 0.3 is 5.97 Å². The van der Waals surface area contributed by atoms with Crippen molar-refractivity contribution in [3.63, 3.8) is 0 Å². The van der Waals surface area contributed by atoms with Crippen LogP contribution in [0.5, 0.6) is 5.75 Å². The first-order valence-corrected chi connectivity index (χ1v) is 8.52. The van der Waals surface area contributed by atoms with Crippen molar-refractivity contribution >= 4 is 29.4 Å². The molecule has 0 saturated heterocycles. The third kappa shape index (κ3) is 4.36. The van der Waals surface area contributed by atoms with Crippen LogP contribution in [0.4, 0.5) is 5.69 Å². The number of carboxylic acid groups (broad SMARTS) is 1. The van der Waals surface area contributed by atoms with E-state index >= 15 is 0 Å². The third-order valence-electron chi connectivity index (χ3n) is 3.99. The molecular formula is C20H19N3O5. The first-order valence-electron chi connectivity index (χ1n) is 8.52. The molecule has 0 aliphatic carbocycles. The maximum atomic E-state index is 12.7. The Morgan fingerprint density at radius 2 is 1.82 bits per heavy atom. The monoisotopic (exact) mass is 381 g/mol. The largest absolute Gasteiger partial charge is 0.482 e. The van der Waals surface area contributed by atoms with Gasteiger partial charge in [0.1, 0.15) is 11.5 Å². The van der Waals surface area contributed by atoms with E-state index in [1.54, 1.807) is 54.6 Å². The molecule has 0 aromatic heterocycles. The molecule has 2 aromatic rings. The molecule has 0 unspecified atom stereocenters. The van der Waals surface area contributed by atoms with E-state index in [1.807, 2.05) is 0 Å². The van der Waals surface area contributed by atoms with E-state index in [9.17, 15) is 14.7 Å². The van der Waals surface area contributed by atoms with Crippen LogP contribution < -0.4 is 10.5 Å². The number of aliphatic carboxylic acids is 1.